The van der Waals surface area contributed by atoms with Crippen LogP contribution in [0.4, 0.5) is 0 Å². The van der Waals surface area contributed by atoms with Crippen molar-refractivity contribution in [3.8, 4) is 0 Å². The SMILES string of the molecule is CCC(NC(=O)c1ccc(Cl)cc1)C1C2CC(n3cc(C4CC4)nn3)CC21. The highest BCUT2D eigenvalue weighted by Crippen LogP contribution is 2.62. The smallest absolute Gasteiger partial charge is 0.251 e. The van der Waals surface area contributed by atoms with Gasteiger partial charge in [0.05, 0.1) is 11.7 Å². The zero-order valence-electron chi connectivity index (χ0n) is 15.5. The summed E-state index contributed by atoms with van der Waals surface area (Å²) in [6.45, 7) is 2.16. The van der Waals surface area contributed by atoms with Crippen LogP contribution in [0.3, 0.4) is 0 Å². The molecule has 3 aliphatic rings. The van der Waals surface area contributed by atoms with Gasteiger partial charge in [0.2, 0.25) is 0 Å². The van der Waals surface area contributed by atoms with Crippen molar-refractivity contribution in [3.63, 3.8) is 0 Å². The molecule has 5 nitrogen and oxygen atoms in total. The fourth-order valence-electron chi connectivity index (χ4n) is 5.03. The maximum atomic E-state index is 12.6. The minimum absolute atomic E-state index is 0.00499. The summed E-state index contributed by atoms with van der Waals surface area (Å²) in [6.07, 6.45) is 8.00. The van der Waals surface area contributed by atoms with E-state index in [-0.39, 0.29) is 11.9 Å². The summed E-state index contributed by atoms with van der Waals surface area (Å²) in [6, 6.07) is 7.85. The van der Waals surface area contributed by atoms with Crippen molar-refractivity contribution in [3.05, 3.63) is 46.7 Å². The summed E-state index contributed by atoms with van der Waals surface area (Å²) in [7, 11) is 0. The molecule has 1 aromatic heterocycles. The van der Waals surface area contributed by atoms with E-state index >= 15 is 0 Å². The lowest BCUT2D eigenvalue weighted by Gasteiger charge is -2.21. The monoisotopic (exact) mass is 384 g/mol. The van der Waals surface area contributed by atoms with Gasteiger partial charge in [0, 0.05) is 28.7 Å². The number of halogens is 1. The van der Waals surface area contributed by atoms with E-state index in [4.69, 9.17) is 11.6 Å². The number of hydrogen-bond acceptors (Lipinski definition) is 3. The normalized spacial score (nSPS) is 30.0. The first-order valence-electron chi connectivity index (χ1n) is 10.1. The topological polar surface area (TPSA) is 59.8 Å². The van der Waals surface area contributed by atoms with Gasteiger partial charge in [-0.1, -0.05) is 23.7 Å². The number of carbonyl (C=O) groups excluding carboxylic acids is 1. The molecule has 5 rings (SSSR count). The van der Waals surface area contributed by atoms with Gasteiger partial charge >= 0.3 is 0 Å². The van der Waals surface area contributed by atoms with Crippen molar-refractivity contribution >= 4 is 17.5 Å². The molecule has 1 aromatic carbocycles. The molecule has 3 aliphatic carbocycles. The Morgan fingerprint density at radius 2 is 1.96 bits per heavy atom. The highest BCUT2D eigenvalue weighted by Gasteiger charge is 2.59. The van der Waals surface area contributed by atoms with Crippen LogP contribution >= 0.6 is 11.6 Å². The molecule has 0 saturated heterocycles. The number of nitrogens with one attached hydrogen (secondary N) is 1. The van der Waals surface area contributed by atoms with Crippen LogP contribution in [-0.4, -0.2) is 26.9 Å². The van der Waals surface area contributed by atoms with E-state index in [0.717, 1.165) is 19.3 Å². The van der Waals surface area contributed by atoms with Gasteiger partial charge in [-0.2, -0.15) is 0 Å². The quantitative estimate of drug-likeness (QED) is 0.811. The fourth-order valence-corrected chi connectivity index (χ4v) is 5.16. The van der Waals surface area contributed by atoms with Gasteiger partial charge in [-0.3, -0.25) is 4.79 Å². The van der Waals surface area contributed by atoms with Gasteiger partial charge in [0.15, 0.2) is 0 Å². The van der Waals surface area contributed by atoms with E-state index in [0.29, 0.717) is 40.3 Å². The van der Waals surface area contributed by atoms with Gasteiger partial charge in [0.25, 0.3) is 5.91 Å². The van der Waals surface area contributed by atoms with Gasteiger partial charge in [-0.15, -0.1) is 5.10 Å². The maximum absolute atomic E-state index is 12.6. The molecular formula is C21H25ClN4O. The van der Waals surface area contributed by atoms with Crippen molar-refractivity contribution in [2.75, 3.05) is 0 Å². The van der Waals surface area contributed by atoms with Crippen molar-refractivity contribution in [2.45, 2.75) is 57.0 Å². The molecule has 0 aliphatic heterocycles. The Kier molecular flexibility index (Phi) is 4.23. The van der Waals surface area contributed by atoms with Crippen LogP contribution in [0.5, 0.6) is 0 Å². The van der Waals surface area contributed by atoms with Crippen molar-refractivity contribution in [1.82, 2.24) is 20.3 Å². The van der Waals surface area contributed by atoms with E-state index in [2.05, 4.69) is 33.4 Å². The Labute approximate surface area is 164 Å². The predicted molar refractivity (Wildman–Crippen MR) is 104 cm³/mol. The number of fused-ring (bicyclic) bond motifs is 1. The van der Waals surface area contributed by atoms with Crippen molar-refractivity contribution in [2.24, 2.45) is 17.8 Å². The molecule has 1 N–H and O–H groups in total. The van der Waals surface area contributed by atoms with Crippen molar-refractivity contribution in [1.29, 1.82) is 0 Å². The average molecular weight is 385 g/mol. The van der Waals surface area contributed by atoms with E-state index in [1.54, 1.807) is 24.3 Å². The second-order valence-electron chi connectivity index (χ2n) is 8.42. The first-order chi connectivity index (χ1) is 13.1. The molecule has 0 radical (unpaired) electrons. The van der Waals surface area contributed by atoms with E-state index < -0.39 is 0 Å². The van der Waals surface area contributed by atoms with Crippen LogP contribution in [0.15, 0.2) is 30.5 Å². The Bertz CT molecular complexity index is 832. The molecule has 1 amide bonds. The molecule has 3 atom stereocenters. The minimum Gasteiger partial charge on any atom is -0.349 e. The van der Waals surface area contributed by atoms with Crippen LogP contribution in [0.2, 0.25) is 5.02 Å². The maximum Gasteiger partial charge on any atom is 0.251 e. The van der Waals surface area contributed by atoms with Gasteiger partial charge in [-0.05, 0) is 74.1 Å². The van der Waals surface area contributed by atoms with E-state index in [9.17, 15) is 4.79 Å². The number of carbonyl (C=O) groups is 1. The predicted octanol–water partition coefficient (Wildman–Crippen LogP) is 4.21. The highest BCUT2D eigenvalue weighted by molar-refractivity contribution is 6.30. The molecule has 27 heavy (non-hydrogen) atoms. The summed E-state index contributed by atoms with van der Waals surface area (Å²) in [5.41, 5.74) is 1.85. The zero-order valence-corrected chi connectivity index (χ0v) is 16.3. The molecule has 0 spiro atoms. The summed E-state index contributed by atoms with van der Waals surface area (Å²) >= 11 is 5.92. The summed E-state index contributed by atoms with van der Waals surface area (Å²) in [5.74, 6) is 2.69. The summed E-state index contributed by atoms with van der Waals surface area (Å²) in [5, 5.41) is 12.7. The first kappa shape index (κ1) is 17.2. The number of rotatable bonds is 6. The number of amides is 1. The highest BCUT2D eigenvalue weighted by atomic mass is 35.5. The molecule has 142 valence electrons. The number of hydrogen-bond donors (Lipinski definition) is 1. The Morgan fingerprint density at radius 3 is 2.59 bits per heavy atom. The molecule has 3 unspecified atom stereocenters. The van der Waals surface area contributed by atoms with Gasteiger partial charge in [-0.25, -0.2) is 4.68 Å². The number of aromatic nitrogens is 3. The molecular weight excluding hydrogens is 360 g/mol. The van der Waals surface area contributed by atoms with E-state index in [1.807, 2.05) is 0 Å². The standard InChI is InChI=1S/C21H25ClN4O/c1-2-18(23-21(27)13-5-7-14(22)8-6-13)20-16-9-15(10-17(16)20)26-11-19(24-25-26)12-3-4-12/h5-8,11-12,15-18,20H,2-4,9-10H2,1H3,(H,23,27). The van der Waals surface area contributed by atoms with Crippen LogP contribution in [0.1, 0.15) is 67.0 Å². The lowest BCUT2D eigenvalue weighted by atomic mass is 9.99. The third-order valence-corrected chi connectivity index (χ3v) is 6.96. The molecule has 3 saturated carbocycles. The third kappa shape index (κ3) is 3.27. The van der Waals surface area contributed by atoms with Crippen molar-refractivity contribution < 1.29 is 4.79 Å². The zero-order chi connectivity index (χ0) is 18.5. The summed E-state index contributed by atoms with van der Waals surface area (Å²) < 4.78 is 2.10. The molecule has 2 aromatic rings. The average Bonchev–Trinajstić information content (AvgIpc) is 3.53. The second kappa shape index (κ2) is 6.62. The van der Waals surface area contributed by atoms with Gasteiger partial charge in [0.1, 0.15) is 0 Å². The molecule has 3 fully saturated rings. The first-order valence-corrected chi connectivity index (χ1v) is 10.5. The summed E-state index contributed by atoms with van der Waals surface area (Å²) in [4.78, 5) is 12.6. The molecule has 1 heterocycles. The Balaban J connectivity index is 1.19. The fraction of sp³-hybridized carbons (Fsp3) is 0.571. The minimum atomic E-state index is 0.00499. The van der Waals surface area contributed by atoms with E-state index in [1.165, 1.54) is 18.5 Å². The molecule has 0 bridgehead atoms. The van der Waals surface area contributed by atoms with Crippen LogP contribution in [0.25, 0.3) is 0 Å². The third-order valence-electron chi connectivity index (χ3n) is 6.71. The van der Waals surface area contributed by atoms with Crippen LogP contribution < -0.4 is 5.32 Å². The lowest BCUT2D eigenvalue weighted by molar-refractivity contribution is 0.0926. The lowest BCUT2D eigenvalue weighted by Crippen LogP contribution is -2.37. The second-order valence-corrected chi connectivity index (χ2v) is 8.86. The molecule has 6 heteroatoms. The number of nitrogens with zero attached hydrogens (tertiary/aromatic N) is 3. The number of benzene rings is 1. The van der Waals surface area contributed by atoms with Crippen LogP contribution in [0, 0.1) is 17.8 Å². The Hall–Kier alpha value is -1.88. The van der Waals surface area contributed by atoms with Crippen LogP contribution in [-0.2, 0) is 0 Å². The Morgan fingerprint density at radius 1 is 1.26 bits per heavy atom. The largest absolute Gasteiger partial charge is 0.349 e. The van der Waals surface area contributed by atoms with Gasteiger partial charge < -0.3 is 5.32 Å².